The predicted octanol–water partition coefficient (Wildman–Crippen LogP) is 2.14. The fourth-order valence-electron chi connectivity index (χ4n) is 1.20. The topological polar surface area (TPSA) is 46.2 Å². The minimum absolute atomic E-state index is 0.0585. The third-order valence-electron chi connectivity index (χ3n) is 2.05. The van der Waals surface area contributed by atoms with Gasteiger partial charge in [0.15, 0.2) is 0 Å². The van der Waals surface area contributed by atoms with Crippen molar-refractivity contribution in [3.8, 4) is 0 Å². The molecule has 0 aliphatic rings. The van der Waals surface area contributed by atoms with Crippen LogP contribution >= 0.6 is 15.9 Å². The Labute approximate surface area is 86.9 Å². The highest BCUT2D eigenvalue weighted by molar-refractivity contribution is 9.10. The van der Waals surface area contributed by atoms with Crippen LogP contribution in [-0.2, 0) is 0 Å². The Kier molecular flexibility index (Phi) is 3.90. The van der Waals surface area contributed by atoms with E-state index in [1.54, 1.807) is 0 Å². The van der Waals surface area contributed by atoms with Crippen molar-refractivity contribution in [3.63, 3.8) is 0 Å². The van der Waals surface area contributed by atoms with Crippen molar-refractivity contribution >= 4 is 15.9 Å². The number of aliphatic hydroxyl groups is 1. The molecule has 3 N–H and O–H groups in total. The van der Waals surface area contributed by atoms with Crippen LogP contribution in [0, 0.1) is 6.92 Å². The van der Waals surface area contributed by atoms with E-state index >= 15 is 0 Å². The van der Waals surface area contributed by atoms with Crippen LogP contribution in [0.25, 0.3) is 0 Å². The molecule has 1 rings (SSSR count). The van der Waals surface area contributed by atoms with Gasteiger partial charge in [-0.05, 0) is 30.5 Å². The van der Waals surface area contributed by atoms with Gasteiger partial charge in [0, 0.05) is 17.1 Å². The Hall–Kier alpha value is -0.380. The number of aliphatic hydroxyl groups excluding tert-OH is 1. The SMILES string of the molecule is Cc1cc([C@H](N)CCO)ccc1Br. The lowest BCUT2D eigenvalue weighted by Crippen LogP contribution is -2.11. The van der Waals surface area contributed by atoms with Gasteiger partial charge in [-0.2, -0.15) is 0 Å². The number of benzene rings is 1. The molecule has 13 heavy (non-hydrogen) atoms. The predicted molar refractivity (Wildman–Crippen MR) is 57.5 cm³/mol. The molecule has 0 saturated carbocycles. The molecule has 0 unspecified atom stereocenters. The van der Waals surface area contributed by atoms with Crippen LogP contribution in [0.4, 0.5) is 0 Å². The van der Waals surface area contributed by atoms with E-state index in [1.807, 2.05) is 25.1 Å². The summed E-state index contributed by atoms with van der Waals surface area (Å²) in [6, 6.07) is 5.96. The average Bonchev–Trinajstić information content (AvgIpc) is 2.10. The Bertz CT molecular complexity index is 288. The number of halogens is 1. The van der Waals surface area contributed by atoms with Gasteiger partial charge >= 0.3 is 0 Å². The van der Waals surface area contributed by atoms with Crippen molar-refractivity contribution in [3.05, 3.63) is 33.8 Å². The van der Waals surface area contributed by atoms with Gasteiger partial charge in [0.05, 0.1) is 0 Å². The van der Waals surface area contributed by atoms with Crippen molar-refractivity contribution in [2.24, 2.45) is 5.73 Å². The first-order valence-corrected chi connectivity index (χ1v) is 5.07. The molecular weight excluding hydrogens is 230 g/mol. The summed E-state index contributed by atoms with van der Waals surface area (Å²) in [6.07, 6.45) is 0.612. The largest absolute Gasteiger partial charge is 0.396 e. The second-order valence-corrected chi connectivity index (χ2v) is 3.98. The minimum atomic E-state index is -0.0585. The first kappa shape index (κ1) is 10.7. The molecule has 0 aliphatic carbocycles. The highest BCUT2D eigenvalue weighted by atomic mass is 79.9. The zero-order valence-electron chi connectivity index (χ0n) is 7.63. The summed E-state index contributed by atoms with van der Waals surface area (Å²) in [5.74, 6) is 0. The molecule has 0 aliphatic heterocycles. The van der Waals surface area contributed by atoms with Gasteiger partial charge in [0.1, 0.15) is 0 Å². The van der Waals surface area contributed by atoms with Crippen LogP contribution in [0.1, 0.15) is 23.6 Å². The molecule has 0 saturated heterocycles. The van der Waals surface area contributed by atoms with E-state index in [0.29, 0.717) is 6.42 Å². The van der Waals surface area contributed by atoms with E-state index in [1.165, 1.54) is 5.56 Å². The summed E-state index contributed by atoms with van der Waals surface area (Å²) in [7, 11) is 0. The fraction of sp³-hybridized carbons (Fsp3) is 0.400. The standard InChI is InChI=1S/C10H14BrNO/c1-7-6-8(2-3-9(7)11)10(12)4-5-13/h2-3,6,10,13H,4-5,12H2,1H3/t10-/m1/s1. The quantitative estimate of drug-likeness (QED) is 0.855. The fourth-order valence-corrected chi connectivity index (χ4v) is 1.45. The lowest BCUT2D eigenvalue weighted by atomic mass is 10.0. The van der Waals surface area contributed by atoms with Crippen LogP contribution in [0.2, 0.25) is 0 Å². The Balaban J connectivity index is 2.84. The van der Waals surface area contributed by atoms with Gasteiger partial charge in [-0.3, -0.25) is 0 Å². The smallest absolute Gasteiger partial charge is 0.0449 e. The molecule has 1 aromatic carbocycles. The third-order valence-corrected chi connectivity index (χ3v) is 2.94. The van der Waals surface area contributed by atoms with E-state index in [2.05, 4.69) is 15.9 Å². The second kappa shape index (κ2) is 4.74. The van der Waals surface area contributed by atoms with Crippen molar-refractivity contribution in [1.82, 2.24) is 0 Å². The van der Waals surface area contributed by atoms with Crippen molar-refractivity contribution in [2.45, 2.75) is 19.4 Å². The van der Waals surface area contributed by atoms with Gasteiger partial charge < -0.3 is 10.8 Å². The molecule has 0 aromatic heterocycles. The van der Waals surface area contributed by atoms with Crippen LogP contribution < -0.4 is 5.73 Å². The summed E-state index contributed by atoms with van der Waals surface area (Å²) >= 11 is 3.43. The number of nitrogens with two attached hydrogens (primary N) is 1. The monoisotopic (exact) mass is 243 g/mol. The molecule has 0 heterocycles. The number of aryl methyl sites for hydroxylation is 1. The first-order chi connectivity index (χ1) is 6.15. The highest BCUT2D eigenvalue weighted by Crippen LogP contribution is 2.21. The number of hydrogen-bond acceptors (Lipinski definition) is 2. The van der Waals surface area contributed by atoms with E-state index < -0.39 is 0 Å². The lowest BCUT2D eigenvalue weighted by Gasteiger charge is -2.11. The summed E-state index contributed by atoms with van der Waals surface area (Å²) in [5.41, 5.74) is 8.10. The second-order valence-electron chi connectivity index (χ2n) is 3.13. The van der Waals surface area contributed by atoms with Crippen molar-refractivity contribution < 1.29 is 5.11 Å². The Morgan fingerprint density at radius 1 is 1.54 bits per heavy atom. The third kappa shape index (κ3) is 2.79. The molecule has 0 bridgehead atoms. The van der Waals surface area contributed by atoms with E-state index in [9.17, 15) is 0 Å². The first-order valence-electron chi connectivity index (χ1n) is 4.27. The molecule has 2 nitrogen and oxygen atoms in total. The number of rotatable bonds is 3. The number of hydrogen-bond donors (Lipinski definition) is 2. The summed E-state index contributed by atoms with van der Waals surface area (Å²) < 4.78 is 1.09. The Morgan fingerprint density at radius 3 is 2.77 bits per heavy atom. The summed E-state index contributed by atoms with van der Waals surface area (Å²) in [4.78, 5) is 0. The lowest BCUT2D eigenvalue weighted by molar-refractivity contribution is 0.276. The van der Waals surface area contributed by atoms with Crippen LogP contribution in [-0.4, -0.2) is 11.7 Å². The van der Waals surface area contributed by atoms with Crippen molar-refractivity contribution in [2.75, 3.05) is 6.61 Å². The molecule has 0 radical (unpaired) electrons. The van der Waals surface area contributed by atoms with Gasteiger partial charge in [-0.15, -0.1) is 0 Å². The molecule has 72 valence electrons. The van der Waals surface area contributed by atoms with Crippen LogP contribution in [0.3, 0.4) is 0 Å². The van der Waals surface area contributed by atoms with Crippen LogP contribution in [0.5, 0.6) is 0 Å². The zero-order chi connectivity index (χ0) is 9.84. The average molecular weight is 244 g/mol. The van der Waals surface area contributed by atoms with Gasteiger partial charge in [-0.25, -0.2) is 0 Å². The van der Waals surface area contributed by atoms with Gasteiger partial charge in [0.2, 0.25) is 0 Å². The molecule has 0 spiro atoms. The molecule has 1 aromatic rings. The summed E-state index contributed by atoms with van der Waals surface area (Å²) in [6.45, 7) is 2.16. The van der Waals surface area contributed by atoms with Gasteiger partial charge in [-0.1, -0.05) is 28.1 Å². The van der Waals surface area contributed by atoms with E-state index in [-0.39, 0.29) is 12.6 Å². The maximum atomic E-state index is 8.73. The molecule has 0 amide bonds. The van der Waals surface area contributed by atoms with Crippen LogP contribution in [0.15, 0.2) is 22.7 Å². The van der Waals surface area contributed by atoms with Gasteiger partial charge in [0.25, 0.3) is 0 Å². The summed E-state index contributed by atoms with van der Waals surface area (Å²) in [5, 5.41) is 8.73. The molecule has 3 heteroatoms. The minimum Gasteiger partial charge on any atom is -0.396 e. The van der Waals surface area contributed by atoms with E-state index in [4.69, 9.17) is 10.8 Å². The maximum Gasteiger partial charge on any atom is 0.0449 e. The molecular formula is C10H14BrNO. The van der Waals surface area contributed by atoms with Crippen molar-refractivity contribution in [1.29, 1.82) is 0 Å². The maximum absolute atomic E-state index is 8.73. The normalized spacial score (nSPS) is 12.9. The molecule has 0 fully saturated rings. The highest BCUT2D eigenvalue weighted by Gasteiger charge is 2.05. The Morgan fingerprint density at radius 2 is 2.23 bits per heavy atom. The zero-order valence-corrected chi connectivity index (χ0v) is 9.21. The van der Waals surface area contributed by atoms with E-state index in [0.717, 1.165) is 10.0 Å². The molecule has 1 atom stereocenters.